The topological polar surface area (TPSA) is 38.7 Å². The molecule has 144 valence electrons. The van der Waals surface area contributed by atoms with E-state index in [2.05, 4.69) is 36.4 Å². The number of carbonyl (C=O) groups is 1. The maximum absolute atomic E-state index is 12.5. The summed E-state index contributed by atoms with van der Waals surface area (Å²) in [4.78, 5) is 18.1. The number of carbonyl (C=O) groups excluding carboxylic acids is 1. The van der Waals surface area contributed by atoms with Crippen LogP contribution in [0.1, 0.15) is 11.1 Å². The molecule has 2 aliphatic heterocycles. The van der Waals surface area contributed by atoms with E-state index in [4.69, 9.17) is 9.73 Å². The van der Waals surface area contributed by atoms with Crippen molar-refractivity contribution in [2.24, 2.45) is 4.99 Å². The van der Waals surface area contributed by atoms with Crippen LogP contribution in [0.15, 0.2) is 75.5 Å². The molecule has 0 radical (unpaired) electrons. The van der Waals surface area contributed by atoms with E-state index in [-0.39, 0.29) is 14.5 Å². The number of nitrogens with zero attached hydrogens (tertiary/aromatic N) is 1. The highest BCUT2D eigenvalue weighted by molar-refractivity contribution is 9.21. The van der Waals surface area contributed by atoms with Crippen LogP contribution in [0.2, 0.25) is 0 Å². The predicted octanol–water partition coefficient (Wildman–Crippen LogP) is 6.32. The van der Waals surface area contributed by atoms with Crippen LogP contribution in [0.3, 0.4) is 0 Å². The minimum Gasteiger partial charge on any atom is -0.465 e. The quantitative estimate of drug-likeness (QED) is 0.284. The lowest BCUT2D eigenvalue weighted by atomic mass is 10.2. The lowest BCUT2D eigenvalue weighted by Gasteiger charge is -2.08. The van der Waals surface area contributed by atoms with E-state index < -0.39 is 0 Å². The number of esters is 1. The second-order valence-electron chi connectivity index (χ2n) is 5.79. The van der Waals surface area contributed by atoms with E-state index in [1.807, 2.05) is 24.3 Å². The molecule has 0 amide bonds. The van der Waals surface area contributed by atoms with Crippen LogP contribution in [0.5, 0.6) is 0 Å². The van der Waals surface area contributed by atoms with Crippen molar-refractivity contribution in [3.63, 3.8) is 0 Å². The van der Waals surface area contributed by atoms with E-state index in [1.165, 1.54) is 18.2 Å². The fourth-order valence-corrected chi connectivity index (χ4v) is 13.1. The summed E-state index contributed by atoms with van der Waals surface area (Å²) in [5.41, 5.74) is 3.17. The second kappa shape index (κ2) is 9.63. The van der Waals surface area contributed by atoms with Crippen LogP contribution in [-0.2, 0) is 21.0 Å². The molecule has 1 unspecified atom stereocenters. The maximum Gasteiger partial charge on any atom is 0.342 e. The predicted molar refractivity (Wildman–Crippen MR) is 130 cm³/mol. The highest BCUT2D eigenvalue weighted by Gasteiger charge is 2.35. The molecule has 4 rings (SSSR count). The van der Waals surface area contributed by atoms with Gasteiger partial charge in [0.2, 0.25) is 0 Å². The van der Waals surface area contributed by atoms with Gasteiger partial charge in [-0.1, -0.05) is 72.4 Å². The monoisotopic (exact) mass is 463 g/mol. The van der Waals surface area contributed by atoms with Gasteiger partial charge in [-0.05, 0) is 41.3 Å². The van der Waals surface area contributed by atoms with Crippen molar-refractivity contribution in [1.29, 1.82) is 0 Å². The zero-order valence-corrected chi connectivity index (χ0v) is 19.1. The third-order valence-electron chi connectivity index (χ3n) is 3.87. The normalized spacial score (nSPS) is 18.2. The average Bonchev–Trinajstić information content (AvgIpc) is 3.28. The Bertz CT molecular complexity index is 971. The summed E-state index contributed by atoms with van der Waals surface area (Å²) < 4.78 is 7.12. The van der Waals surface area contributed by atoms with Crippen molar-refractivity contribution in [3.05, 3.63) is 81.6 Å². The first-order valence-corrected chi connectivity index (χ1v) is 14.3. The Morgan fingerprint density at radius 1 is 0.964 bits per heavy atom. The molecule has 0 aliphatic carbocycles. The van der Waals surface area contributed by atoms with Crippen LogP contribution < -0.4 is 0 Å². The molecule has 2 heterocycles. The summed E-state index contributed by atoms with van der Waals surface area (Å²) >= 11 is 3.43. The smallest absolute Gasteiger partial charge is 0.342 e. The van der Waals surface area contributed by atoms with Crippen molar-refractivity contribution in [2.75, 3.05) is 7.11 Å². The summed E-state index contributed by atoms with van der Waals surface area (Å²) in [5, 5.41) is 0. The van der Waals surface area contributed by atoms with E-state index in [9.17, 15) is 4.79 Å². The molecule has 2 aliphatic rings. The van der Waals surface area contributed by atoms with Crippen LogP contribution >= 0.6 is 53.7 Å². The number of thioether (sulfide) groups is 2. The Kier molecular flexibility index (Phi) is 6.95. The summed E-state index contributed by atoms with van der Waals surface area (Å²) in [6, 6.07) is 20.7. The third-order valence-corrected chi connectivity index (χ3v) is 13.0. The molecule has 0 bridgehead atoms. The number of aliphatic imine (C=N–C) groups is 1. The molecule has 0 fully saturated rings. The molecule has 0 spiro atoms. The molecule has 2 aromatic carbocycles. The highest BCUT2D eigenvalue weighted by Crippen LogP contribution is 2.62. The zero-order valence-electron chi connectivity index (χ0n) is 15.0. The highest BCUT2D eigenvalue weighted by atomic mass is 33.5. The van der Waals surface area contributed by atoms with Gasteiger partial charge >= 0.3 is 5.97 Å². The van der Waals surface area contributed by atoms with Crippen LogP contribution in [0.4, 0.5) is 0 Å². The van der Waals surface area contributed by atoms with Gasteiger partial charge in [-0.3, -0.25) is 0 Å². The molecule has 2 aromatic rings. The fourth-order valence-electron chi connectivity index (χ4n) is 2.50. The average molecular weight is 464 g/mol. The molecule has 3 nitrogen and oxygen atoms in total. The van der Waals surface area contributed by atoms with Gasteiger partial charge in [0, 0.05) is 11.5 Å². The number of benzene rings is 2. The number of hydrogen-bond donors (Lipinski definition) is 0. The molecule has 0 N–H and O–H groups in total. The first kappa shape index (κ1) is 20.2. The van der Waals surface area contributed by atoms with Gasteiger partial charge in [0.1, 0.15) is 14.9 Å². The van der Waals surface area contributed by atoms with Gasteiger partial charge in [0.15, 0.2) is 0 Å². The van der Waals surface area contributed by atoms with Gasteiger partial charge < -0.3 is 4.74 Å². The van der Waals surface area contributed by atoms with Gasteiger partial charge in [-0.2, -0.15) is 0 Å². The lowest BCUT2D eigenvalue weighted by Crippen LogP contribution is -2.11. The van der Waals surface area contributed by atoms with Crippen molar-refractivity contribution in [2.45, 2.75) is 11.5 Å². The van der Waals surface area contributed by atoms with Crippen LogP contribution in [-0.4, -0.2) is 22.4 Å². The zero-order chi connectivity index (χ0) is 19.3. The van der Waals surface area contributed by atoms with Gasteiger partial charge in [0.05, 0.1) is 11.3 Å². The molecular weight excluding hydrogens is 447 g/mol. The lowest BCUT2D eigenvalue weighted by molar-refractivity contribution is -0.135. The Morgan fingerprint density at radius 2 is 1.57 bits per heavy atom. The number of rotatable bonds is 6. The first-order valence-electron chi connectivity index (χ1n) is 8.47. The molecule has 1 atom stereocenters. The Hall–Kier alpha value is -1.06. The van der Waals surface area contributed by atoms with Crippen molar-refractivity contribution in [3.8, 4) is 0 Å². The molecule has 0 aromatic heterocycles. The SMILES string of the molecule is COC(=O)C1=C(SCc2ccccc2)SS2=C1N=C(SCc1ccccc1)S2. The minimum atomic E-state index is -0.285. The Balaban J connectivity index is 1.47. The van der Waals surface area contributed by atoms with Crippen molar-refractivity contribution < 1.29 is 9.53 Å². The molecular formula is C20H17NO2S5. The Morgan fingerprint density at radius 3 is 2.18 bits per heavy atom. The van der Waals surface area contributed by atoms with Crippen LogP contribution in [0.25, 0.3) is 0 Å². The maximum atomic E-state index is 12.5. The summed E-state index contributed by atoms with van der Waals surface area (Å²) in [5.74, 6) is 1.43. The van der Waals surface area contributed by atoms with Gasteiger partial charge in [-0.25, -0.2) is 9.79 Å². The standard InChI is InChI=1S/C20H17NO2S5/c1-23-18(22)16-17-21-20(25-13-15-10-6-3-7-11-15)27-28(17)26-19(16)24-12-14-8-4-2-5-9-14/h2-11H,12-13H2,1H3. The second-order valence-corrected chi connectivity index (χ2v) is 13.9. The molecule has 0 saturated heterocycles. The van der Waals surface area contributed by atoms with Gasteiger partial charge in [0.25, 0.3) is 0 Å². The van der Waals surface area contributed by atoms with E-state index in [0.29, 0.717) is 5.57 Å². The number of hydrogen-bond acceptors (Lipinski definition) is 7. The largest absolute Gasteiger partial charge is 0.465 e. The van der Waals surface area contributed by atoms with E-state index >= 15 is 0 Å². The van der Waals surface area contributed by atoms with Crippen molar-refractivity contribution in [1.82, 2.24) is 0 Å². The van der Waals surface area contributed by atoms with Crippen LogP contribution in [0, 0.1) is 0 Å². The molecule has 28 heavy (non-hydrogen) atoms. The van der Waals surface area contributed by atoms with Gasteiger partial charge in [-0.15, -0.1) is 11.8 Å². The third kappa shape index (κ3) is 4.74. The fraction of sp³-hybridized carbons (Fsp3) is 0.150. The minimum absolute atomic E-state index is 0.166. The first-order chi connectivity index (χ1) is 13.7. The summed E-state index contributed by atoms with van der Waals surface area (Å²) in [7, 11) is 4.78. The summed E-state index contributed by atoms with van der Waals surface area (Å²) in [6.07, 6.45) is 0. The Labute approximate surface area is 182 Å². The van der Waals surface area contributed by atoms with E-state index in [1.54, 1.807) is 45.1 Å². The summed E-state index contributed by atoms with van der Waals surface area (Å²) in [6.45, 7) is 0. The molecule has 0 saturated carbocycles. The molecule has 8 heteroatoms. The van der Waals surface area contributed by atoms with E-state index in [0.717, 1.165) is 25.1 Å². The van der Waals surface area contributed by atoms with Crippen molar-refractivity contribution >= 4 is 69.0 Å². The number of ether oxygens (including phenoxy) is 1. The number of methoxy groups -OCH3 is 1.